The first-order valence-electron chi connectivity index (χ1n) is 39.7. The molecule has 0 spiro atoms. The highest BCUT2D eigenvalue weighted by atomic mass is 31.2. The van der Waals surface area contributed by atoms with Gasteiger partial charge in [-0.25, -0.2) is 9.13 Å². The van der Waals surface area contributed by atoms with Crippen LogP contribution in [-0.4, -0.2) is 96.7 Å². The van der Waals surface area contributed by atoms with Crippen LogP contribution < -0.4 is 0 Å². The zero-order chi connectivity index (χ0) is 71.0. The minimum absolute atomic E-state index is 0.102. The van der Waals surface area contributed by atoms with E-state index in [0.29, 0.717) is 37.5 Å². The van der Waals surface area contributed by atoms with Crippen LogP contribution in [0, 0.1) is 23.7 Å². The predicted molar refractivity (Wildman–Crippen MR) is 391 cm³/mol. The van der Waals surface area contributed by atoms with Crippen LogP contribution in [-0.2, 0) is 65.4 Å². The maximum atomic E-state index is 13.1. The molecule has 0 radical (unpaired) electrons. The van der Waals surface area contributed by atoms with Gasteiger partial charge in [0.05, 0.1) is 26.4 Å². The summed E-state index contributed by atoms with van der Waals surface area (Å²) in [4.78, 5) is 72.8. The van der Waals surface area contributed by atoms with Crippen LogP contribution in [0.2, 0.25) is 0 Å². The molecule has 19 heteroatoms. The molecule has 3 N–H and O–H groups in total. The Morgan fingerprint density at radius 3 is 0.646 bits per heavy atom. The van der Waals surface area contributed by atoms with Crippen LogP contribution in [0.3, 0.4) is 0 Å². The second-order valence-electron chi connectivity index (χ2n) is 29.7. The van der Waals surface area contributed by atoms with E-state index >= 15 is 0 Å². The fourth-order valence-electron chi connectivity index (χ4n) is 11.7. The number of esters is 4. The smallest absolute Gasteiger partial charge is 0.462 e. The van der Waals surface area contributed by atoms with Gasteiger partial charge in [-0.2, -0.15) is 0 Å². The van der Waals surface area contributed by atoms with Crippen molar-refractivity contribution < 1.29 is 80.2 Å². The van der Waals surface area contributed by atoms with Gasteiger partial charge in [0.15, 0.2) is 12.2 Å². The lowest BCUT2D eigenvalue weighted by molar-refractivity contribution is -0.161. The fourth-order valence-corrected chi connectivity index (χ4v) is 13.3. The van der Waals surface area contributed by atoms with Gasteiger partial charge in [-0.15, -0.1) is 0 Å². The number of carbonyl (C=O) groups excluding carboxylic acids is 4. The number of phosphoric ester groups is 2. The van der Waals surface area contributed by atoms with Crippen LogP contribution in [0.5, 0.6) is 0 Å². The Kier molecular flexibility index (Phi) is 65.0. The zero-order valence-electron chi connectivity index (χ0n) is 63.0. The Labute approximate surface area is 588 Å². The minimum Gasteiger partial charge on any atom is -0.462 e. The SMILES string of the molecule is CC(C)CCCCCCCCCCCCCCCCCCCCC(=O)O[C@H](COC(=O)CCCCCCCCCCCCCCC(C)C)COP(=O)(O)OCC(O)COP(=O)(O)OC[C@@H](COC(=O)CCCCCCCCCC(C)C)OC(=O)CCCCCCCCCC(C)C. The second kappa shape index (κ2) is 66.3. The van der Waals surface area contributed by atoms with E-state index < -0.39 is 97.5 Å². The van der Waals surface area contributed by atoms with E-state index in [4.69, 9.17) is 37.0 Å². The number of aliphatic hydroxyl groups is 1. The molecule has 0 aliphatic carbocycles. The van der Waals surface area contributed by atoms with Gasteiger partial charge in [0.1, 0.15) is 19.3 Å². The van der Waals surface area contributed by atoms with Crippen LogP contribution in [0.4, 0.5) is 0 Å². The molecular formula is C77H150O17P2. The number of ether oxygens (including phenoxy) is 4. The van der Waals surface area contributed by atoms with E-state index in [-0.39, 0.29) is 25.7 Å². The largest absolute Gasteiger partial charge is 0.472 e. The Morgan fingerprint density at radius 1 is 0.260 bits per heavy atom. The van der Waals surface area contributed by atoms with Crippen molar-refractivity contribution in [3.05, 3.63) is 0 Å². The maximum Gasteiger partial charge on any atom is 0.472 e. The van der Waals surface area contributed by atoms with Crippen molar-refractivity contribution in [2.24, 2.45) is 23.7 Å². The number of hydrogen-bond donors (Lipinski definition) is 3. The topological polar surface area (TPSA) is 237 Å². The first-order chi connectivity index (χ1) is 46.1. The standard InChI is InChI=1S/C77H150O17P2/c1-67(2)53-45-37-29-23-19-15-13-11-9-10-12-14-16-22-26-34-43-51-59-76(81)93-72(63-87-74(79)57-49-41-33-25-21-18-17-20-24-30-38-46-54-68(3)4)65-91-95(83,84)89-61-71(78)62-90-96(85,86)92-66-73(94-77(82)60-52-44-36-28-32-40-48-56-70(7)8)64-88-75(80)58-50-42-35-27-31-39-47-55-69(5)6/h67-73,78H,9-66H2,1-8H3,(H,83,84)(H,85,86)/t71?,72-,73-/m1/s1. The summed E-state index contributed by atoms with van der Waals surface area (Å²) in [5.41, 5.74) is 0. The lowest BCUT2D eigenvalue weighted by atomic mass is 10.0. The summed E-state index contributed by atoms with van der Waals surface area (Å²) in [7, 11) is -9.91. The molecule has 96 heavy (non-hydrogen) atoms. The van der Waals surface area contributed by atoms with Crippen molar-refractivity contribution in [1.82, 2.24) is 0 Å². The van der Waals surface area contributed by atoms with Crippen molar-refractivity contribution >= 4 is 39.5 Å². The fraction of sp³-hybridized carbons (Fsp3) is 0.948. The van der Waals surface area contributed by atoms with Gasteiger partial charge in [-0.3, -0.25) is 37.3 Å². The lowest BCUT2D eigenvalue weighted by Crippen LogP contribution is -2.30. The Hall–Kier alpha value is -1.94. The van der Waals surface area contributed by atoms with Crippen molar-refractivity contribution in [2.75, 3.05) is 39.6 Å². The van der Waals surface area contributed by atoms with Crippen LogP contribution in [0.15, 0.2) is 0 Å². The molecule has 0 aromatic rings. The van der Waals surface area contributed by atoms with Crippen LogP contribution in [0.1, 0.15) is 389 Å². The van der Waals surface area contributed by atoms with Gasteiger partial charge in [0.25, 0.3) is 0 Å². The first kappa shape index (κ1) is 94.1. The van der Waals surface area contributed by atoms with Gasteiger partial charge in [-0.05, 0) is 49.4 Å². The summed E-state index contributed by atoms with van der Waals surface area (Å²) in [6, 6.07) is 0. The normalized spacial score (nSPS) is 14.1. The summed E-state index contributed by atoms with van der Waals surface area (Å²) in [6.07, 6.45) is 51.7. The molecule has 0 saturated carbocycles. The highest BCUT2D eigenvalue weighted by molar-refractivity contribution is 7.47. The second-order valence-corrected chi connectivity index (χ2v) is 32.6. The summed E-state index contributed by atoms with van der Waals surface area (Å²) < 4.78 is 68.5. The average Bonchev–Trinajstić information content (AvgIpc) is 3.53. The molecule has 0 aliphatic heterocycles. The van der Waals surface area contributed by atoms with Crippen molar-refractivity contribution in [2.45, 2.75) is 408 Å². The summed E-state index contributed by atoms with van der Waals surface area (Å²) >= 11 is 0. The molecular weight excluding hydrogens is 1260 g/mol. The molecule has 3 unspecified atom stereocenters. The molecule has 570 valence electrons. The quantitative estimate of drug-likeness (QED) is 0.0222. The van der Waals surface area contributed by atoms with Crippen molar-refractivity contribution in [3.63, 3.8) is 0 Å². The number of phosphoric acid groups is 2. The average molecular weight is 1410 g/mol. The van der Waals surface area contributed by atoms with Gasteiger partial charge >= 0.3 is 39.5 Å². The molecule has 0 saturated heterocycles. The van der Waals surface area contributed by atoms with E-state index in [1.54, 1.807) is 0 Å². The third-order valence-electron chi connectivity index (χ3n) is 17.8. The van der Waals surface area contributed by atoms with Crippen LogP contribution in [0.25, 0.3) is 0 Å². The highest BCUT2D eigenvalue weighted by Gasteiger charge is 2.30. The van der Waals surface area contributed by atoms with E-state index in [0.717, 1.165) is 108 Å². The number of rotatable bonds is 74. The number of unbranched alkanes of at least 4 members (excludes halogenated alkanes) is 40. The molecule has 5 atom stereocenters. The molecule has 0 rings (SSSR count). The van der Waals surface area contributed by atoms with E-state index in [1.807, 2.05) is 0 Å². The predicted octanol–water partition coefficient (Wildman–Crippen LogP) is 22.4. The summed E-state index contributed by atoms with van der Waals surface area (Å²) in [6.45, 7) is 14.1. The Morgan fingerprint density at radius 2 is 0.438 bits per heavy atom. The first-order valence-corrected chi connectivity index (χ1v) is 42.7. The Balaban J connectivity index is 5.20. The monoisotopic (exact) mass is 1410 g/mol. The minimum atomic E-state index is -4.96. The molecule has 0 amide bonds. The molecule has 0 bridgehead atoms. The Bertz CT molecular complexity index is 1880. The third-order valence-corrected chi connectivity index (χ3v) is 19.7. The molecule has 0 heterocycles. The summed E-state index contributed by atoms with van der Waals surface area (Å²) in [5.74, 6) is 0.880. The van der Waals surface area contributed by atoms with E-state index in [9.17, 15) is 43.2 Å². The highest BCUT2D eigenvalue weighted by Crippen LogP contribution is 2.45. The van der Waals surface area contributed by atoms with Gasteiger partial charge in [0, 0.05) is 25.7 Å². The number of aliphatic hydroxyl groups excluding tert-OH is 1. The van der Waals surface area contributed by atoms with Gasteiger partial charge in [0.2, 0.25) is 0 Å². The molecule has 0 aromatic heterocycles. The van der Waals surface area contributed by atoms with Gasteiger partial charge < -0.3 is 33.8 Å². The molecule has 0 fully saturated rings. The summed E-state index contributed by atoms with van der Waals surface area (Å²) in [5, 5.41) is 10.6. The van der Waals surface area contributed by atoms with Gasteiger partial charge in [-0.1, -0.05) is 338 Å². The zero-order valence-corrected chi connectivity index (χ0v) is 64.8. The number of hydrogen-bond acceptors (Lipinski definition) is 15. The molecule has 0 aliphatic rings. The molecule has 17 nitrogen and oxygen atoms in total. The number of carbonyl (C=O) groups is 4. The van der Waals surface area contributed by atoms with Crippen LogP contribution >= 0.6 is 15.6 Å². The van der Waals surface area contributed by atoms with E-state index in [1.165, 1.54) is 186 Å². The van der Waals surface area contributed by atoms with Crippen molar-refractivity contribution in [3.8, 4) is 0 Å². The van der Waals surface area contributed by atoms with Crippen molar-refractivity contribution in [1.29, 1.82) is 0 Å². The molecule has 0 aromatic carbocycles. The third kappa shape index (κ3) is 70.5. The van der Waals surface area contributed by atoms with E-state index in [2.05, 4.69) is 55.4 Å². The maximum absolute atomic E-state index is 13.1. The lowest BCUT2D eigenvalue weighted by Gasteiger charge is -2.21.